The molecule has 32 heavy (non-hydrogen) atoms. The molecule has 0 aliphatic rings. The first-order valence-electron chi connectivity index (χ1n) is 9.62. The minimum Gasteiger partial charge on any atom is -0.496 e. The van der Waals surface area contributed by atoms with Crippen molar-refractivity contribution in [1.29, 1.82) is 5.26 Å². The van der Waals surface area contributed by atoms with Crippen molar-refractivity contribution in [3.63, 3.8) is 0 Å². The van der Waals surface area contributed by atoms with Gasteiger partial charge in [-0.3, -0.25) is 0 Å². The van der Waals surface area contributed by atoms with Gasteiger partial charge in [0.25, 0.3) is 0 Å². The topological polar surface area (TPSA) is 97.4 Å². The number of nitrogens with one attached hydrogen (secondary N) is 1. The standard InChI is InChI=1S/C24H19N3O4S/c1-14-8-22(30-3)18(10-21(14)29-2)26-12-16(11-25)23-27-19(13-32-23)17-9-15-6-4-5-7-20(15)31-24(17)28/h4-10,12-13,26H,1-3H3. The van der Waals surface area contributed by atoms with Gasteiger partial charge in [0, 0.05) is 23.0 Å². The molecule has 0 radical (unpaired) electrons. The summed E-state index contributed by atoms with van der Waals surface area (Å²) in [5.74, 6) is 1.31. The minimum absolute atomic E-state index is 0.313. The van der Waals surface area contributed by atoms with E-state index in [0.717, 1.165) is 10.9 Å². The van der Waals surface area contributed by atoms with Crippen LogP contribution in [-0.4, -0.2) is 19.2 Å². The van der Waals surface area contributed by atoms with Gasteiger partial charge in [-0.2, -0.15) is 5.26 Å². The summed E-state index contributed by atoms with van der Waals surface area (Å²) in [7, 11) is 3.17. The van der Waals surface area contributed by atoms with Crippen LogP contribution in [0.2, 0.25) is 0 Å². The van der Waals surface area contributed by atoms with Crippen molar-refractivity contribution in [2.75, 3.05) is 19.5 Å². The van der Waals surface area contributed by atoms with E-state index in [1.165, 1.54) is 11.3 Å². The molecule has 2 aromatic carbocycles. The highest BCUT2D eigenvalue weighted by atomic mass is 32.1. The molecular weight excluding hydrogens is 426 g/mol. The molecule has 8 heteroatoms. The molecule has 160 valence electrons. The summed E-state index contributed by atoms with van der Waals surface area (Å²) in [6, 6.07) is 14.8. The molecule has 0 unspecified atom stereocenters. The van der Waals surface area contributed by atoms with E-state index in [4.69, 9.17) is 13.9 Å². The van der Waals surface area contributed by atoms with Gasteiger partial charge in [0.15, 0.2) is 0 Å². The number of ether oxygens (including phenoxy) is 2. The van der Waals surface area contributed by atoms with E-state index in [-0.39, 0.29) is 0 Å². The summed E-state index contributed by atoms with van der Waals surface area (Å²) in [6.07, 6.45) is 1.55. The van der Waals surface area contributed by atoms with Gasteiger partial charge < -0.3 is 19.2 Å². The maximum atomic E-state index is 12.4. The van der Waals surface area contributed by atoms with Crippen LogP contribution in [0.25, 0.3) is 27.8 Å². The number of allylic oxidation sites excluding steroid dienone is 1. The first-order valence-corrected chi connectivity index (χ1v) is 10.5. The third kappa shape index (κ3) is 4.06. The van der Waals surface area contributed by atoms with Gasteiger partial charge in [0.2, 0.25) is 0 Å². The monoisotopic (exact) mass is 445 g/mol. The molecule has 4 aromatic rings. The van der Waals surface area contributed by atoms with Crippen molar-refractivity contribution >= 4 is 33.6 Å². The Balaban J connectivity index is 1.66. The molecule has 0 fully saturated rings. The second-order valence-corrected chi connectivity index (χ2v) is 7.72. The van der Waals surface area contributed by atoms with Gasteiger partial charge in [-0.1, -0.05) is 18.2 Å². The molecule has 4 rings (SSSR count). The lowest BCUT2D eigenvalue weighted by atomic mass is 10.1. The van der Waals surface area contributed by atoms with Gasteiger partial charge >= 0.3 is 5.63 Å². The summed E-state index contributed by atoms with van der Waals surface area (Å²) in [6.45, 7) is 1.92. The van der Waals surface area contributed by atoms with Crippen LogP contribution in [0.15, 0.2) is 63.3 Å². The fourth-order valence-corrected chi connectivity index (χ4v) is 4.00. The maximum absolute atomic E-state index is 12.4. The van der Waals surface area contributed by atoms with Gasteiger partial charge in [-0.25, -0.2) is 9.78 Å². The molecule has 0 aliphatic heterocycles. The quantitative estimate of drug-likeness (QED) is 0.321. The number of anilines is 1. The molecule has 0 spiro atoms. The van der Waals surface area contributed by atoms with Crippen molar-refractivity contribution < 1.29 is 13.9 Å². The normalized spacial score (nSPS) is 11.2. The van der Waals surface area contributed by atoms with E-state index in [9.17, 15) is 10.1 Å². The van der Waals surface area contributed by atoms with Crippen LogP contribution in [0.1, 0.15) is 10.6 Å². The second-order valence-electron chi connectivity index (χ2n) is 6.86. The number of methoxy groups -OCH3 is 2. The van der Waals surface area contributed by atoms with Crippen LogP contribution < -0.4 is 20.4 Å². The summed E-state index contributed by atoms with van der Waals surface area (Å²) in [4.78, 5) is 16.9. The average molecular weight is 446 g/mol. The van der Waals surface area contributed by atoms with Crippen molar-refractivity contribution in [3.8, 4) is 28.8 Å². The van der Waals surface area contributed by atoms with Crippen LogP contribution in [0.4, 0.5) is 5.69 Å². The Kier molecular flexibility index (Phi) is 5.92. The Bertz CT molecular complexity index is 1430. The number of hydrogen-bond donors (Lipinski definition) is 1. The average Bonchev–Trinajstić information content (AvgIpc) is 3.29. The number of aromatic nitrogens is 1. The zero-order valence-electron chi connectivity index (χ0n) is 17.6. The first-order chi connectivity index (χ1) is 15.5. The van der Waals surface area contributed by atoms with E-state index in [2.05, 4.69) is 16.4 Å². The SMILES string of the molecule is COc1cc(NC=C(C#N)c2nc(-c3cc4ccccc4oc3=O)cs2)c(OC)cc1C. The first kappa shape index (κ1) is 21.2. The van der Waals surface area contributed by atoms with Crippen molar-refractivity contribution in [3.05, 3.63) is 75.0 Å². The fraction of sp³-hybridized carbons (Fsp3) is 0.125. The Morgan fingerprint density at radius 1 is 1.19 bits per heavy atom. The maximum Gasteiger partial charge on any atom is 0.345 e. The van der Waals surface area contributed by atoms with Crippen molar-refractivity contribution in [2.45, 2.75) is 6.92 Å². The van der Waals surface area contributed by atoms with Crippen LogP contribution >= 0.6 is 11.3 Å². The van der Waals surface area contributed by atoms with E-state index in [0.29, 0.717) is 44.6 Å². The van der Waals surface area contributed by atoms with Crippen molar-refractivity contribution in [1.82, 2.24) is 4.98 Å². The number of para-hydroxylation sites is 1. The molecular formula is C24H19N3O4S. The third-order valence-electron chi connectivity index (χ3n) is 4.86. The summed E-state index contributed by atoms with van der Waals surface area (Å²) < 4.78 is 16.2. The van der Waals surface area contributed by atoms with E-state index in [1.807, 2.05) is 31.2 Å². The second kappa shape index (κ2) is 8.96. The molecule has 0 aliphatic carbocycles. The van der Waals surface area contributed by atoms with Gasteiger partial charge in [-0.05, 0) is 30.7 Å². The highest BCUT2D eigenvalue weighted by Crippen LogP contribution is 2.33. The third-order valence-corrected chi connectivity index (χ3v) is 5.74. The Hall–Kier alpha value is -4.09. The largest absolute Gasteiger partial charge is 0.496 e. The van der Waals surface area contributed by atoms with E-state index >= 15 is 0 Å². The molecule has 0 amide bonds. The number of thiazole rings is 1. The lowest BCUT2D eigenvalue weighted by molar-refractivity contribution is 0.402. The molecule has 0 atom stereocenters. The van der Waals surface area contributed by atoms with Crippen molar-refractivity contribution in [2.24, 2.45) is 0 Å². The van der Waals surface area contributed by atoms with Gasteiger partial charge in [0.1, 0.15) is 33.7 Å². The number of nitriles is 1. The number of fused-ring (bicyclic) bond motifs is 1. The minimum atomic E-state index is -0.474. The highest BCUT2D eigenvalue weighted by molar-refractivity contribution is 7.11. The predicted octanol–water partition coefficient (Wildman–Crippen LogP) is 5.22. The van der Waals surface area contributed by atoms with Gasteiger partial charge in [-0.15, -0.1) is 11.3 Å². The Labute approximate surface area is 188 Å². The van der Waals surface area contributed by atoms with Crippen LogP contribution in [0.3, 0.4) is 0 Å². The zero-order chi connectivity index (χ0) is 22.7. The number of nitrogens with zero attached hydrogens (tertiary/aromatic N) is 2. The zero-order valence-corrected chi connectivity index (χ0v) is 18.4. The highest BCUT2D eigenvalue weighted by Gasteiger charge is 2.14. The van der Waals surface area contributed by atoms with Crippen LogP contribution in [0, 0.1) is 18.3 Å². The number of aryl methyl sites for hydroxylation is 1. The fourth-order valence-electron chi connectivity index (χ4n) is 3.22. The summed E-state index contributed by atoms with van der Waals surface area (Å²) >= 11 is 1.27. The van der Waals surface area contributed by atoms with Gasteiger partial charge in [0.05, 0.1) is 31.2 Å². The molecule has 7 nitrogen and oxygen atoms in total. The summed E-state index contributed by atoms with van der Waals surface area (Å²) in [5.41, 5.74) is 2.74. The van der Waals surface area contributed by atoms with E-state index < -0.39 is 5.63 Å². The Morgan fingerprint density at radius 3 is 2.72 bits per heavy atom. The Morgan fingerprint density at radius 2 is 1.97 bits per heavy atom. The molecule has 1 N–H and O–H groups in total. The summed E-state index contributed by atoms with van der Waals surface area (Å²) in [5, 5.41) is 15.8. The number of hydrogen-bond acceptors (Lipinski definition) is 8. The molecule has 0 saturated carbocycles. The number of benzene rings is 2. The molecule has 2 aromatic heterocycles. The van der Waals surface area contributed by atoms with Crippen LogP contribution in [-0.2, 0) is 0 Å². The lowest BCUT2D eigenvalue weighted by Gasteiger charge is -2.12. The van der Waals surface area contributed by atoms with Crippen LogP contribution in [0.5, 0.6) is 11.5 Å². The molecule has 0 saturated heterocycles. The lowest BCUT2D eigenvalue weighted by Crippen LogP contribution is -2.03. The smallest absolute Gasteiger partial charge is 0.345 e. The molecule has 2 heterocycles. The predicted molar refractivity (Wildman–Crippen MR) is 125 cm³/mol. The number of rotatable bonds is 6. The van der Waals surface area contributed by atoms with E-state index in [1.54, 1.807) is 44.0 Å². The molecule has 0 bridgehead atoms.